The predicted octanol–water partition coefficient (Wildman–Crippen LogP) is 1.62. The van der Waals surface area contributed by atoms with Gasteiger partial charge in [-0.1, -0.05) is 9.39 Å². The van der Waals surface area contributed by atoms with Crippen LogP contribution in [0.25, 0.3) is 0 Å². The van der Waals surface area contributed by atoms with E-state index < -0.39 is 29.0 Å². The molecule has 22 heavy (non-hydrogen) atoms. The Morgan fingerprint density at radius 3 is 2.59 bits per heavy atom. The molecule has 2 aliphatic rings. The van der Waals surface area contributed by atoms with E-state index in [1.807, 2.05) is 0 Å². The van der Waals surface area contributed by atoms with Crippen LogP contribution in [0.15, 0.2) is 23.0 Å². The SMILES string of the molecule is CC1NC(C#N)=C(C(F)(F)F)C=C1NC(=O)C1(NP)CCC1. The Morgan fingerprint density at radius 1 is 1.55 bits per heavy atom. The maximum atomic E-state index is 13.0. The first-order chi connectivity index (χ1) is 10.2. The van der Waals surface area contributed by atoms with E-state index in [9.17, 15) is 18.0 Å². The Hall–Kier alpha value is -1.58. The summed E-state index contributed by atoms with van der Waals surface area (Å²) < 4.78 is 38.9. The lowest BCUT2D eigenvalue weighted by atomic mass is 9.77. The molecular weight excluding hydrogens is 316 g/mol. The number of hydrogen-bond donors (Lipinski definition) is 3. The lowest BCUT2D eigenvalue weighted by molar-refractivity contribution is -0.129. The first-order valence-electron chi connectivity index (χ1n) is 6.72. The molecule has 0 aromatic rings. The minimum Gasteiger partial charge on any atom is -0.368 e. The van der Waals surface area contributed by atoms with Crippen molar-refractivity contribution in [3.05, 3.63) is 23.0 Å². The van der Waals surface area contributed by atoms with Gasteiger partial charge < -0.3 is 10.6 Å². The minimum absolute atomic E-state index is 0.0999. The molecule has 1 heterocycles. The van der Waals surface area contributed by atoms with E-state index in [4.69, 9.17) is 5.26 Å². The summed E-state index contributed by atoms with van der Waals surface area (Å²) >= 11 is 0. The number of allylic oxidation sites excluding steroid dienone is 3. The van der Waals surface area contributed by atoms with Gasteiger partial charge in [0.15, 0.2) is 0 Å². The fraction of sp³-hybridized carbons (Fsp3) is 0.538. The van der Waals surface area contributed by atoms with Gasteiger partial charge in [0.25, 0.3) is 0 Å². The first-order valence-corrected chi connectivity index (χ1v) is 7.30. The summed E-state index contributed by atoms with van der Waals surface area (Å²) in [4.78, 5) is 12.3. The Kier molecular flexibility index (Phi) is 4.50. The molecule has 9 heteroatoms. The van der Waals surface area contributed by atoms with Crippen molar-refractivity contribution in [2.45, 2.75) is 43.9 Å². The number of nitrogens with one attached hydrogen (secondary N) is 3. The zero-order valence-electron chi connectivity index (χ0n) is 11.8. The summed E-state index contributed by atoms with van der Waals surface area (Å²) in [5.41, 5.74) is -2.27. The highest BCUT2D eigenvalue weighted by Gasteiger charge is 2.44. The number of rotatable bonds is 3. The third kappa shape index (κ3) is 2.96. The highest BCUT2D eigenvalue weighted by Crippen LogP contribution is 2.35. The van der Waals surface area contributed by atoms with Crippen molar-refractivity contribution in [3.63, 3.8) is 0 Å². The molecule has 5 nitrogen and oxygen atoms in total. The average Bonchev–Trinajstić information content (AvgIpc) is 2.38. The maximum Gasteiger partial charge on any atom is 0.419 e. The largest absolute Gasteiger partial charge is 0.419 e. The summed E-state index contributed by atoms with van der Waals surface area (Å²) in [5, 5.41) is 16.7. The predicted molar refractivity (Wildman–Crippen MR) is 76.9 cm³/mol. The van der Waals surface area contributed by atoms with Gasteiger partial charge in [-0.15, -0.1) is 0 Å². The Labute approximate surface area is 128 Å². The minimum atomic E-state index is -4.67. The maximum absolute atomic E-state index is 13.0. The van der Waals surface area contributed by atoms with Crippen molar-refractivity contribution in [3.8, 4) is 6.07 Å². The van der Waals surface area contributed by atoms with E-state index in [2.05, 4.69) is 25.1 Å². The summed E-state index contributed by atoms with van der Waals surface area (Å²) in [5.74, 6) is -0.365. The summed E-state index contributed by atoms with van der Waals surface area (Å²) in [6.45, 7) is 1.58. The molecule has 1 saturated carbocycles. The second-order valence-electron chi connectivity index (χ2n) is 5.40. The molecule has 2 unspecified atom stereocenters. The first kappa shape index (κ1) is 16.8. The molecule has 1 aliphatic heterocycles. The molecule has 2 atom stereocenters. The van der Waals surface area contributed by atoms with Crippen LogP contribution in [0.3, 0.4) is 0 Å². The van der Waals surface area contributed by atoms with Gasteiger partial charge in [-0.2, -0.15) is 18.4 Å². The summed E-state index contributed by atoms with van der Waals surface area (Å²) in [7, 11) is 2.28. The normalized spacial score (nSPS) is 23.8. The van der Waals surface area contributed by atoms with Crippen molar-refractivity contribution in [2.24, 2.45) is 0 Å². The number of halogens is 3. The van der Waals surface area contributed by atoms with Crippen LogP contribution in [-0.4, -0.2) is 23.7 Å². The molecular formula is C13H16F3N4OP. The topological polar surface area (TPSA) is 77.0 Å². The number of dihydropyridines is 1. The van der Waals surface area contributed by atoms with Gasteiger partial charge in [-0.3, -0.25) is 9.88 Å². The van der Waals surface area contributed by atoms with E-state index in [1.165, 1.54) is 6.07 Å². The molecule has 0 aromatic carbocycles. The van der Waals surface area contributed by atoms with Crippen LogP contribution in [0.4, 0.5) is 13.2 Å². The number of carbonyl (C=O) groups excluding carboxylic acids is 1. The van der Waals surface area contributed by atoms with Crippen LogP contribution in [0, 0.1) is 11.3 Å². The Balaban J connectivity index is 2.27. The monoisotopic (exact) mass is 332 g/mol. The van der Waals surface area contributed by atoms with Crippen molar-refractivity contribution < 1.29 is 18.0 Å². The molecule has 1 fully saturated rings. The number of nitriles is 1. The third-order valence-corrected chi connectivity index (χ3v) is 4.54. The number of amides is 1. The third-order valence-electron chi connectivity index (χ3n) is 3.99. The van der Waals surface area contributed by atoms with Crippen molar-refractivity contribution in [1.82, 2.24) is 15.7 Å². The standard InChI is InChI=1S/C13H16F3N4OP/c1-7-9(19-11(21)12(20-22)3-2-4-12)5-8(13(14,15)16)10(6-17)18-7/h5,7,18,20H,2-4,22H2,1H3,(H,19,21). The average molecular weight is 332 g/mol. The smallest absolute Gasteiger partial charge is 0.368 e. The molecule has 2 rings (SSSR count). The molecule has 0 bridgehead atoms. The van der Waals surface area contributed by atoms with E-state index >= 15 is 0 Å². The van der Waals surface area contributed by atoms with Crippen molar-refractivity contribution in [2.75, 3.05) is 0 Å². The van der Waals surface area contributed by atoms with Gasteiger partial charge in [0.1, 0.15) is 17.3 Å². The zero-order valence-corrected chi connectivity index (χ0v) is 13.0. The lowest BCUT2D eigenvalue weighted by Crippen LogP contribution is -2.59. The molecule has 1 amide bonds. The van der Waals surface area contributed by atoms with Crippen molar-refractivity contribution in [1.29, 1.82) is 5.26 Å². The summed E-state index contributed by atoms with van der Waals surface area (Å²) in [6, 6.07) is 0.913. The van der Waals surface area contributed by atoms with E-state index in [0.29, 0.717) is 12.8 Å². The Morgan fingerprint density at radius 2 is 2.18 bits per heavy atom. The van der Waals surface area contributed by atoms with Gasteiger partial charge in [0.2, 0.25) is 5.91 Å². The molecule has 0 aromatic heterocycles. The van der Waals surface area contributed by atoms with E-state index in [0.717, 1.165) is 12.5 Å². The van der Waals surface area contributed by atoms with Gasteiger partial charge in [0, 0.05) is 5.70 Å². The second kappa shape index (κ2) is 5.90. The fourth-order valence-electron chi connectivity index (χ4n) is 2.40. The van der Waals surface area contributed by atoms with Gasteiger partial charge in [-0.25, -0.2) is 0 Å². The van der Waals surface area contributed by atoms with Gasteiger partial charge >= 0.3 is 6.18 Å². The number of alkyl halides is 3. The summed E-state index contributed by atoms with van der Waals surface area (Å²) in [6.07, 6.45) is -1.70. The van der Waals surface area contributed by atoms with E-state index in [-0.39, 0.29) is 11.6 Å². The van der Waals surface area contributed by atoms with Gasteiger partial charge in [-0.05, 0) is 32.3 Å². The number of carbonyl (C=O) groups is 1. The highest BCUT2D eigenvalue weighted by atomic mass is 31.0. The number of nitrogens with zero attached hydrogens (tertiary/aromatic N) is 1. The van der Waals surface area contributed by atoms with Crippen LogP contribution in [0.1, 0.15) is 26.2 Å². The van der Waals surface area contributed by atoms with E-state index in [1.54, 1.807) is 6.92 Å². The van der Waals surface area contributed by atoms with Crippen LogP contribution < -0.4 is 15.7 Å². The second-order valence-corrected chi connectivity index (χ2v) is 5.69. The fourth-order valence-corrected chi connectivity index (χ4v) is 2.82. The number of hydrogen-bond acceptors (Lipinski definition) is 4. The molecule has 1 aliphatic carbocycles. The van der Waals surface area contributed by atoms with Crippen LogP contribution in [0.5, 0.6) is 0 Å². The van der Waals surface area contributed by atoms with Crippen LogP contribution >= 0.6 is 9.39 Å². The molecule has 0 saturated heterocycles. The van der Waals surface area contributed by atoms with Crippen molar-refractivity contribution >= 4 is 15.3 Å². The lowest BCUT2D eigenvalue weighted by Gasteiger charge is -2.40. The highest BCUT2D eigenvalue weighted by molar-refractivity contribution is 7.13. The zero-order chi connectivity index (χ0) is 16.5. The molecule has 120 valence electrons. The molecule has 3 N–H and O–H groups in total. The van der Waals surface area contributed by atoms with Crippen LogP contribution in [-0.2, 0) is 4.79 Å². The van der Waals surface area contributed by atoms with Gasteiger partial charge in [0.05, 0.1) is 11.6 Å². The quantitative estimate of drug-likeness (QED) is 0.687. The molecule has 0 spiro atoms. The van der Waals surface area contributed by atoms with Crippen LogP contribution in [0.2, 0.25) is 0 Å². The Bertz CT molecular complexity index is 582. The molecule has 0 radical (unpaired) electrons.